The second-order valence-electron chi connectivity index (χ2n) is 6.11. The molecule has 0 N–H and O–H groups in total. The van der Waals surface area contributed by atoms with Gasteiger partial charge < -0.3 is 0 Å². The molecule has 0 radical (unpaired) electrons. The average Bonchev–Trinajstić information content (AvgIpc) is 2.72. The molecule has 0 heteroatoms. The standard InChI is InChI=1S/C26H22/c1-3-5-6-22-7-9-23(10-8-22)11-12-24-15-19-26(20-16-24)25-17-13-21(4-2)14-18-25/h7-10,13-20H,3-4H2,1-2H3. The van der Waals surface area contributed by atoms with Crippen LogP contribution in [-0.4, -0.2) is 0 Å². The molecule has 0 aliphatic carbocycles. The Balaban J connectivity index is 1.72. The van der Waals surface area contributed by atoms with Crippen LogP contribution in [0.2, 0.25) is 0 Å². The van der Waals surface area contributed by atoms with Gasteiger partial charge in [-0.3, -0.25) is 0 Å². The van der Waals surface area contributed by atoms with Gasteiger partial charge in [0.25, 0.3) is 0 Å². The molecule has 0 spiro atoms. The molecule has 0 heterocycles. The molecule has 0 unspecified atom stereocenters. The van der Waals surface area contributed by atoms with E-state index >= 15 is 0 Å². The third-order valence-corrected chi connectivity index (χ3v) is 4.23. The SMILES string of the molecule is CCC#Cc1ccc(C#Cc2ccc(-c3ccc(CC)cc3)cc2)cc1. The largest absolute Gasteiger partial charge is 0.0982 e. The van der Waals surface area contributed by atoms with E-state index in [1.54, 1.807) is 0 Å². The summed E-state index contributed by atoms with van der Waals surface area (Å²) in [5.74, 6) is 12.7. The number of benzene rings is 3. The van der Waals surface area contributed by atoms with Gasteiger partial charge >= 0.3 is 0 Å². The lowest BCUT2D eigenvalue weighted by Crippen LogP contribution is -1.82. The molecule has 0 bridgehead atoms. The van der Waals surface area contributed by atoms with E-state index in [0.717, 1.165) is 29.5 Å². The molecule has 0 aromatic heterocycles. The zero-order valence-electron chi connectivity index (χ0n) is 15.3. The molecule has 0 fully saturated rings. The van der Waals surface area contributed by atoms with E-state index in [0.29, 0.717) is 0 Å². The van der Waals surface area contributed by atoms with Gasteiger partial charge in [-0.05, 0) is 59.5 Å². The maximum atomic E-state index is 3.23. The maximum absolute atomic E-state index is 3.23. The minimum Gasteiger partial charge on any atom is -0.0982 e. The van der Waals surface area contributed by atoms with Crippen molar-refractivity contribution in [3.05, 3.63) is 95.1 Å². The van der Waals surface area contributed by atoms with Crippen molar-refractivity contribution in [3.63, 3.8) is 0 Å². The van der Waals surface area contributed by atoms with E-state index in [1.165, 1.54) is 16.7 Å². The van der Waals surface area contributed by atoms with E-state index < -0.39 is 0 Å². The summed E-state index contributed by atoms with van der Waals surface area (Å²) in [6, 6.07) is 25.3. The van der Waals surface area contributed by atoms with Gasteiger partial charge in [-0.15, -0.1) is 0 Å². The monoisotopic (exact) mass is 334 g/mol. The number of hydrogen-bond donors (Lipinski definition) is 0. The van der Waals surface area contributed by atoms with Gasteiger partial charge in [0.15, 0.2) is 0 Å². The number of aryl methyl sites for hydroxylation is 1. The highest BCUT2D eigenvalue weighted by Crippen LogP contribution is 2.20. The first-order chi connectivity index (χ1) is 12.8. The van der Waals surface area contributed by atoms with Gasteiger partial charge in [-0.1, -0.05) is 73.9 Å². The van der Waals surface area contributed by atoms with Gasteiger partial charge in [0.2, 0.25) is 0 Å². The van der Waals surface area contributed by atoms with Crippen LogP contribution in [0.3, 0.4) is 0 Å². The Bertz CT molecular complexity index is 965. The second kappa shape index (κ2) is 8.75. The number of rotatable bonds is 2. The molecule has 0 saturated carbocycles. The zero-order chi connectivity index (χ0) is 18.2. The lowest BCUT2D eigenvalue weighted by molar-refractivity contribution is 1.14. The fraction of sp³-hybridized carbons (Fsp3) is 0.154. The summed E-state index contributed by atoms with van der Waals surface area (Å²) in [4.78, 5) is 0. The van der Waals surface area contributed by atoms with Crippen LogP contribution in [0, 0.1) is 23.7 Å². The molecule has 0 amide bonds. The summed E-state index contributed by atoms with van der Waals surface area (Å²) in [5.41, 5.74) is 6.89. The van der Waals surface area contributed by atoms with E-state index in [2.05, 4.69) is 86.1 Å². The van der Waals surface area contributed by atoms with Crippen molar-refractivity contribution in [1.82, 2.24) is 0 Å². The Morgan fingerprint density at radius 2 is 0.962 bits per heavy atom. The van der Waals surface area contributed by atoms with Crippen LogP contribution < -0.4 is 0 Å². The lowest BCUT2D eigenvalue weighted by Gasteiger charge is -2.03. The van der Waals surface area contributed by atoms with Crippen molar-refractivity contribution in [2.75, 3.05) is 0 Å². The topological polar surface area (TPSA) is 0 Å². The van der Waals surface area contributed by atoms with Gasteiger partial charge in [0, 0.05) is 23.1 Å². The highest BCUT2D eigenvalue weighted by molar-refractivity contribution is 5.64. The third kappa shape index (κ3) is 4.66. The molecule has 0 aliphatic rings. The Morgan fingerprint density at radius 1 is 0.538 bits per heavy atom. The molecule has 0 atom stereocenters. The lowest BCUT2D eigenvalue weighted by atomic mass is 10.0. The first-order valence-corrected chi connectivity index (χ1v) is 9.09. The van der Waals surface area contributed by atoms with E-state index in [9.17, 15) is 0 Å². The highest BCUT2D eigenvalue weighted by atomic mass is 14.0. The van der Waals surface area contributed by atoms with Crippen LogP contribution in [0.5, 0.6) is 0 Å². The summed E-state index contributed by atoms with van der Waals surface area (Å²) in [5, 5.41) is 0. The zero-order valence-corrected chi connectivity index (χ0v) is 15.3. The van der Waals surface area contributed by atoms with E-state index in [1.807, 2.05) is 24.3 Å². The molecule has 26 heavy (non-hydrogen) atoms. The molecule has 3 aromatic carbocycles. The minimum atomic E-state index is 0.875. The van der Waals surface area contributed by atoms with Crippen molar-refractivity contribution < 1.29 is 0 Å². The van der Waals surface area contributed by atoms with Gasteiger partial charge in [0.1, 0.15) is 0 Å². The molecule has 0 aliphatic heterocycles. The van der Waals surface area contributed by atoms with Crippen LogP contribution in [0.15, 0.2) is 72.8 Å². The van der Waals surface area contributed by atoms with Crippen LogP contribution in [0.25, 0.3) is 11.1 Å². The second-order valence-corrected chi connectivity index (χ2v) is 6.11. The molecule has 3 aromatic rings. The highest BCUT2D eigenvalue weighted by Gasteiger charge is 1.98. The Labute approximate surface area is 156 Å². The molecular formula is C26H22. The summed E-state index contributed by atoms with van der Waals surface area (Å²) in [7, 11) is 0. The minimum absolute atomic E-state index is 0.875. The fourth-order valence-corrected chi connectivity index (χ4v) is 2.65. The van der Waals surface area contributed by atoms with E-state index in [-0.39, 0.29) is 0 Å². The summed E-state index contributed by atoms with van der Waals surface area (Å²) < 4.78 is 0. The fourth-order valence-electron chi connectivity index (χ4n) is 2.65. The van der Waals surface area contributed by atoms with Crippen LogP contribution >= 0.6 is 0 Å². The molecule has 126 valence electrons. The Morgan fingerprint density at radius 3 is 1.42 bits per heavy atom. The quantitative estimate of drug-likeness (QED) is 0.498. The van der Waals surface area contributed by atoms with Crippen molar-refractivity contribution in [2.45, 2.75) is 26.7 Å². The maximum Gasteiger partial charge on any atom is 0.0249 e. The van der Waals surface area contributed by atoms with Gasteiger partial charge in [-0.2, -0.15) is 0 Å². The van der Waals surface area contributed by atoms with Crippen molar-refractivity contribution >= 4 is 0 Å². The number of hydrogen-bond acceptors (Lipinski definition) is 0. The van der Waals surface area contributed by atoms with Crippen LogP contribution in [0.4, 0.5) is 0 Å². The summed E-state index contributed by atoms with van der Waals surface area (Å²) in [6.45, 7) is 4.23. The van der Waals surface area contributed by atoms with Gasteiger partial charge in [0.05, 0.1) is 0 Å². The Kier molecular flexibility index (Phi) is 5.92. The molecule has 0 nitrogen and oxygen atoms in total. The summed E-state index contributed by atoms with van der Waals surface area (Å²) in [6.07, 6.45) is 1.95. The van der Waals surface area contributed by atoms with Crippen molar-refractivity contribution in [3.8, 4) is 34.8 Å². The Hall–Kier alpha value is -3.22. The van der Waals surface area contributed by atoms with E-state index in [4.69, 9.17) is 0 Å². The average molecular weight is 334 g/mol. The predicted octanol–water partition coefficient (Wildman–Crippen LogP) is 6.08. The van der Waals surface area contributed by atoms with Crippen LogP contribution in [0.1, 0.15) is 42.5 Å². The first-order valence-electron chi connectivity index (χ1n) is 9.09. The smallest absolute Gasteiger partial charge is 0.0249 e. The summed E-state index contributed by atoms with van der Waals surface area (Å²) >= 11 is 0. The first kappa shape index (κ1) is 17.6. The normalized spacial score (nSPS) is 9.62. The van der Waals surface area contributed by atoms with Gasteiger partial charge in [-0.25, -0.2) is 0 Å². The predicted molar refractivity (Wildman–Crippen MR) is 111 cm³/mol. The van der Waals surface area contributed by atoms with Crippen molar-refractivity contribution in [2.24, 2.45) is 0 Å². The third-order valence-electron chi connectivity index (χ3n) is 4.23. The van der Waals surface area contributed by atoms with Crippen LogP contribution in [-0.2, 0) is 6.42 Å². The molecular weight excluding hydrogens is 312 g/mol. The molecule has 0 saturated heterocycles. The molecule has 3 rings (SSSR count). The van der Waals surface area contributed by atoms with Crippen molar-refractivity contribution in [1.29, 1.82) is 0 Å².